The first kappa shape index (κ1) is 14.4. The largest absolute Gasteiger partial charge is 0.383 e. The minimum atomic E-state index is 0.247. The standard InChI is InChI=1S/C16H15N5/c1-3-21-16(19)14(10-18)15(20-21)13(9-17)8-12-6-4-11(2)5-7-12/h4-8H,3,19H2,1-2H3/b13-8+. The molecule has 0 aliphatic carbocycles. The molecule has 0 aliphatic heterocycles. The van der Waals surface area contributed by atoms with Crippen molar-refractivity contribution >= 4 is 17.5 Å². The third-order valence-corrected chi connectivity index (χ3v) is 3.17. The lowest BCUT2D eigenvalue weighted by Gasteiger charge is -1.98. The molecule has 0 fully saturated rings. The van der Waals surface area contributed by atoms with Crippen molar-refractivity contribution in [1.29, 1.82) is 10.5 Å². The molecular formula is C16H15N5. The van der Waals surface area contributed by atoms with E-state index < -0.39 is 0 Å². The lowest BCUT2D eigenvalue weighted by molar-refractivity contribution is 0.667. The lowest BCUT2D eigenvalue weighted by atomic mass is 10.1. The Morgan fingerprint density at radius 2 is 2.00 bits per heavy atom. The van der Waals surface area contributed by atoms with Gasteiger partial charge in [-0.2, -0.15) is 15.6 Å². The molecule has 5 nitrogen and oxygen atoms in total. The number of hydrogen-bond donors (Lipinski definition) is 1. The maximum absolute atomic E-state index is 9.37. The molecule has 0 amide bonds. The Morgan fingerprint density at radius 3 is 2.52 bits per heavy atom. The molecule has 5 heteroatoms. The molecule has 2 N–H and O–H groups in total. The summed E-state index contributed by atoms with van der Waals surface area (Å²) in [4.78, 5) is 0. The number of anilines is 1. The highest BCUT2D eigenvalue weighted by atomic mass is 15.3. The predicted molar refractivity (Wildman–Crippen MR) is 81.7 cm³/mol. The molecule has 1 aromatic carbocycles. The number of nitrogens with two attached hydrogens (primary N) is 1. The molecule has 104 valence electrons. The summed E-state index contributed by atoms with van der Waals surface area (Å²) in [7, 11) is 0. The Kier molecular flexibility index (Phi) is 4.06. The number of hydrogen-bond acceptors (Lipinski definition) is 4. The molecule has 0 aliphatic rings. The molecule has 0 bridgehead atoms. The van der Waals surface area contributed by atoms with E-state index in [4.69, 9.17) is 5.73 Å². The van der Waals surface area contributed by atoms with Gasteiger partial charge >= 0.3 is 0 Å². The molecule has 0 radical (unpaired) electrons. The minimum Gasteiger partial charge on any atom is -0.383 e. The zero-order valence-electron chi connectivity index (χ0n) is 12.0. The smallest absolute Gasteiger partial charge is 0.140 e. The van der Waals surface area contributed by atoms with Crippen LogP contribution in [-0.4, -0.2) is 9.78 Å². The van der Waals surface area contributed by atoms with Crippen molar-refractivity contribution in [3.05, 3.63) is 46.6 Å². The molecule has 21 heavy (non-hydrogen) atoms. The topological polar surface area (TPSA) is 91.4 Å². The van der Waals surface area contributed by atoms with Gasteiger partial charge in [-0.15, -0.1) is 0 Å². The van der Waals surface area contributed by atoms with Gasteiger partial charge < -0.3 is 5.73 Å². The molecule has 2 rings (SSSR count). The summed E-state index contributed by atoms with van der Waals surface area (Å²) in [5.74, 6) is 0.292. The summed E-state index contributed by atoms with van der Waals surface area (Å²) < 4.78 is 1.52. The second kappa shape index (κ2) is 5.94. The van der Waals surface area contributed by atoms with Crippen LogP contribution in [-0.2, 0) is 6.54 Å². The maximum atomic E-state index is 9.37. The molecule has 0 atom stereocenters. The predicted octanol–water partition coefficient (Wildman–Crippen LogP) is 2.73. The van der Waals surface area contributed by atoms with Gasteiger partial charge in [0.2, 0.25) is 0 Å². The SMILES string of the molecule is CCn1nc(/C(C#N)=C/c2ccc(C)cc2)c(C#N)c1N. The second-order valence-corrected chi connectivity index (χ2v) is 4.62. The zero-order valence-corrected chi connectivity index (χ0v) is 12.0. The van der Waals surface area contributed by atoms with Gasteiger partial charge in [0, 0.05) is 6.54 Å². The number of nitrogen functional groups attached to an aromatic ring is 1. The molecule has 0 saturated carbocycles. The average Bonchev–Trinajstić information content (AvgIpc) is 2.82. The average molecular weight is 277 g/mol. The van der Waals surface area contributed by atoms with Gasteiger partial charge in [0.15, 0.2) is 0 Å². The van der Waals surface area contributed by atoms with Gasteiger partial charge in [0.05, 0.1) is 5.57 Å². The number of rotatable bonds is 3. The summed E-state index contributed by atoms with van der Waals surface area (Å²) in [6.45, 7) is 4.42. The Balaban J connectivity index is 2.55. The van der Waals surface area contributed by atoms with Gasteiger partial charge in [-0.1, -0.05) is 29.8 Å². The Labute approximate surface area is 123 Å². The van der Waals surface area contributed by atoms with Gasteiger partial charge in [-0.3, -0.25) is 0 Å². The van der Waals surface area contributed by atoms with Crippen LogP contribution < -0.4 is 5.73 Å². The fourth-order valence-corrected chi connectivity index (χ4v) is 2.00. The number of allylic oxidation sites excluding steroid dienone is 1. The van der Waals surface area contributed by atoms with Crippen LogP contribution in [0.25, 0.3) is 11.6 Å². The normalized spacial score (nSPS) is 11.0. The molecule has 0 saturated heterocycles. The quantitative estimate of drug-likeness (QED) is 0.873. The highest BCUT2D eigenvalue weighted by molar-refractivity contribution is 5.91. The monoisotopic (exact) mass is 277 g/mol. The van der Waals surface area contributed by atoms with Crippen LogP contribution >= 0.6 is 0 Å². The van der Waals surface area contributed by atoms with Crippen molar-refractivity contribution in [3.8, 4) is 12.1 Å². The number of aryl methyl sites for hydroxylation is 2. The number of nitrogens with zero attached hydrogens (tertiary/aromatic N) is 4. The van der Waals surface area contributed by atoms with Crippen LogP contribution in [0.5, 0.6) is 0 Å². The van der Waals surface area contributed by atoms with E-state index in [1.54, 1.807) is 6.08 Å². The number of aromatic nitrogens is 2. The molecule has 2 aromatic rings. The van der Waals surface area contributed by atoms with E-state index >= 15 is 0 Å². The van der Waals surface area contributed by atoms with Crippen molar-refractivity contribution in [2.24, 2.45) is 0 Å². The highest BCUT2D eigenvalue weighted by Gasteiger charge is 2.18. The first-order valence-corrected chi connectivity index (χ1v) is 6.56. The third-order valence-electron chi connectivity index (χ3n) is 3.17. The van der Waals surface area contributed by atoms with E-state index in [-0.39, 0.29) is 5.56 Å². The van der Waals surface area contributed by atoms with Crippen molar-refractivity contribution in [2.45, 2.75) is 20.4 Å². The van der Waals surface area contributed by atoms with E-state index in [0.717, 1.165) is 11.1 Å². The molecule has 1 aromatic heterocycles. The highest BCUT2D eigenvalue weighted by Crippen LogP contribution is 2.24. The van der Waals surface area contributed by atoms with Gasteiger partial charge in [-0.05, 0) is 25.5 Å². The third kappa shape index (κ3) is 2.77. The fourth-order valence-electron chi connectivity index (χ4n) is 2.00. The lowest BCUT2D eigenvalue weighted by Crippen LogP contribution is -2.02. The zero-order chi connectivity index (χ0) is 15.4. The van der Waals surface area contributed by atoms with Crippen molar-refractivity contribution in [1.82, 2.24) is 9.78 Å². The van der Waals surface area contributed by atoms with Crippen LogP contribution in [0.1, 0.15) is 29.3 Å². The first-order chi connectivity index (χ1) is 10.1. The summed E-state index contributed by atoms with van der Waals surface area (Å²) >= 11 is 0. The maximum Gasteiger partial charge on any atom is 0.140 e. The van der Waals surface area contributed by atoms with E-state index in [0.29, 0.717) is 23.6 Å². The van der Waals surface area contributed by atoms with Crippen molar-refractivity contribution in [3.63, 3.8) is 0 Å². The van der Waals surface area contributed by atoms with Crippen LogP contribution in [0.3, 0.4) is 0 Å². The van der Waals surface area contributed by atoms with Crippen LogP contribution in [0.4, 0.5) is 5.82 Å². The van der Waals surface area contributed by atoms with Gasteiger partial charge in [0.25, 0.3) is 0 Å². The molecule has 0 spiro atoms. The Hall–Kier alpha value is -3.05. The molecule has 1 heterocycles. The summed E-state index contributed by atoms with van der Waals surface area (Å²) in [5, 5.41) is 22.9. The van der Waals surface area contributed by atoms with E-state index in [1.165, 1.54) is 4.68 Å². The van der Waals surface area contributed by atoms with Crippen molar-refractivity contribution in [2.75, 3.05) is 5.73 Å². The summed E-state index contributed by atoms with van der Waals surface area (Å²) in [6, 6.07) is 11.9. The molecule has 0 unspecified atom stereocenters. The number of benzene rings is 1. The van der Waals surface area contributed by atoms with Crippen LogP contribution in [0.2, 0.25) is 0 Å². The molecular weight excluding hydrogens is 262 g/mol. The Morgan fingerprint density at radius 1 is 1.33 bits per heavy atom. The van der Waals surface area contributed by atoms with E-state index in [2.05, 4.69) is 11.2 Å². The van der Waals surface area contributed by atoms with Crippen LogP contribution in [0.15, 0.2) is 24.3 Å². The van der Waals surface area contributed by atoms with Gasteiger partial charge in [0.1, 0.15) is 29.2 Å². The minimum absolute atomic E-state index is 0.247. The summed E-state index contributed by atoms with van der Waals surface area (Å²) in [5.41, 5.74) is 8.80. The summed E-state index contributed by atoms with van der Waals surface area (Å²) in [6.07, 6.45) is 1.71. The van der Waals surface area contributed by atoms with E-state index in [1.807, 2.05) is 44.2 Å². The first-order valence-electron chi connectivity index (χ1n) is 6.56. The van der Waals surface area contributed by atoms with Crippen LogP contribution in [0, 0.1) is 29.6 Å². The van der Waals surface area contributed by atoms with Gasteiger partial charge in [-0.25, -0.2) is 4.68 Å². The van der Waals surface area contributed by atoms with Crippen molar-refractivity contribution < 1.29 is 0 Å². The number of nitriles is 2. The fraction of sp³-hybridized carbons (Fsp3) is 0.188. The van der Waals surface area contributed by atoms with E-state index in [9.17, 15) is 10.5 Å². The Bertz CT molecular complexity index is 767. The second-order valence-electron chi connectivity index (χ2n) is 4.62.